The smallest absolute Gasteiger partial charge is 0.225 e. The number of carbonyl (C=O) groups excluding carboxylic acids is 1. The number of piperidine rings is 2. The molecule has 1 amide bonds. The van der Waals surface area contributed by atoms with Gasteiger partial charge >= 0.3 is 0 Å². The Hall–Kier alpha value is -1.35. The first kappa shape index (κ1) is 15.9. The van der Waals surface area contributed by atoms with Crippen LogP contribution >= 0.6 is 0 Å². The number of nitrogens with zero attached hydrogens (tertiary/aromatic N) is 2. The third-order valence-electron chi connectivity index (χ3n) is 7.07. The highest BCUT2D eigenvalue weighted by Crippen LogP contribution is 2.48. The first-order valence-corrected chi connectivity index (χ1v) is 10.3. The number of rotatable bonds is 3. The molecule has 134 valence electrons. The van der Waals surface area contributed by atoms with Gasteiger partial charge in [0.1, 0.15) is 0 Å². The molecule has 2 saturated heterocycles. The van der Waals surface area contributed by atoms with E-state index < -0.39 is 0 Å². The van der Waals surface area contributed by atoms with Gasteiger partial charge in [0.05, 0.1) is 0 Å². The van der Waals surface area contributed by atoms with Crippen LogP contribution in [0.4, 0.5) is 0 Å². The first-order valence-electron chi connectivity index (χ1n) is 10.3. The summed E-state index contributed by atoms with van der Waals surface area (Å²) >= 11 is 0. The topological polar surface area (TPSA) is 23.6 Å². The lowest BCUT2D eigenvalue weighted by atomic mass is 9.68. The number of hydrogen-bond donors (Lipinski definition) is 0. The first-order chi connectivity index (χ1) is 12.2. The lowest BCUT2D eigenvalue weighted by molar-refractivity contribution is -0.135. The molecule has 4 fully saturated rings. The highest BCUT2D eigenvalue weighted by Gasteiger charge is 2.46. The van der Waals surface area contributed by atoms with E-state index in [0.717, 1.165) is 32.0 Å². The van der Waals surface area contributed by atoms with Crippen molar-refractivity contribution in [3.8, 4) is 0 Å². The minimum Gasteiger partial charge on any atom is -0.342 e. The molecule has 0 aromatic heterocycles. The SMILES string of the molecule is O=C(C1CC1)N1CCC2(CC1)C[C@H](c1ccccc1)CN(C1CC1)C2. The highest BCUT2D eigenvalue weighted by molar-refractivity contribution is 5.81. The molecule has 2 aliphatic carbocycles. The second kappa shape index (κ2) is 6.12. The molecule has 0 bridgehead atoms. The molecular formula is C22H30N2O. The van der Waals surface area contributed by atoms with Crippen LogP contribution in [0.3, 0.4) is 0 Å². The van der Waals surface area contributed by atoms with Crippen molar-refractivity contribution >= 4 is 5.91 Å². The number of carbonyl (C=O) groups is 1. The van der Waals surface area contributed by atoms with E-state index in [9.17, 15) is 4.79 Å². The maximum absolute atomic E-state index is 12.4. The van der Waals surface area contributed by atoms with Gasteiger partial charge < -0.3 is 4.90 Å². The van der Waals surface area contributed by atoms with Crippen LogP contribution in [0.5, 0.6) is 0 Å². The Morgan fingerprint density at radius 2 is 1.72 bits per heavy atom. The summed E-state index contributed by atoms with van der Waals surface area (Å²) in [6.07, 6.45) is 8.77. The minimum absolute atomic E-state index is 0.375. The molecule has 2 aliphatic heterocycles. The zero-order chi connectivity index (χ0) is 16.9. The summed E-state index contributed by atoms with van der Waals surface area (Å²) in [6.45, 7) is 4.50. The van der Waals surface area contributed by atoms with E-state index in [-0.39, 0.29) is 0 Å². The third-order valence-corrected chi connectivity index (χ3v) is 7.07. The van der Waals surface area contributed by atoms with Crippen molar-refractivity contribution in [1.82, 2.24) is 9.80 Å². The monoisotopic (exact) mass is 338 g/mol. The Labute approximate surface area is 151 Å². The maximum atomic E-state index is 12.4. The summed E-state index contributed by atoms with van der Waals surface area (Å²) in [5.74, 6) is 1.49. The number of benzene rings is 1. The summed E-state index contributed by atoms with van der Waals surface area (Å²) in [5, 5.41) is 0. The van der Waals surface area contributed by atoms with Gasteiger partial charge in [-0.05, 0) is 61.8 Å². The van der Waals surface area contributed by atoms with E-state index in [1.54, 1.807) is 0 Å². The van der Waals surface area contributed by atoms with Gasteiger partial charge in [0.2, 0.25) is 5.91 Å². The van der Waals surface area contributed by atoms with Gasteiger partial charge in [-0.25, -0.2) is 0 Å². The number of likely N-dealkylation sites (tertiary alicyclic amines) is 2. The molecule has 1 aromatic carbocycles. The summed E-state index contributed by atoms with van der Waals surface area (Å²) in [6, 6.07) is 12.0. The fourth-order valence-electron chi connectivity index (χ4n) is 5.25. The van der Waals surface area contributed by atoms with Crippen molar-refractivity contribution in [3.63, 3.8) is 0 Å². The average Bonchev–Trinajstić information content (AvgIpc) is 3.55. The molecule has 1 spiro atoms. The van der Waals surface area contributed by atoms with Crippen molar-refractivity contribution in [2.24, 2.45) is 11.3 Å². The van der Waals surface area contributed by atoms with E-state index in [1.165, 1.54) is 50.8 Å². The molecule has 2 saturated carbocycles. The standard InChI is InChI=1S/C22H30N2O/c25-21(18-6-7-18)23-12-10-22(11-13-23)14-19(17-4-2-1-3-5-17)15-24(16-22)20-8-9-20/h1-5,18-20H,6-16H2/t19-/m0/s1. The Morgan fingerprint density at radius 3 is 2.36 bits per heavy atom. The largest absolute Gasteiger partial charge is 0.342 e. The van der Waals surface area contributed by atoms with Crippen molar-refractivity contribution in [1.29, 1.82) is 0 Å². The second-order valence-electron chi connectivity index (χ2n) is 9.07. The van der Waals surface area contributed by atoms with Crippen LogP contribution in [0, 0.1) is 11.3 Å². The molecule has 1 aromatic rings. The zero-order valence-electron chi connectivity index (χ0n) is 15.2. The van der Waals surface area contributed by atoms with Crippen LogP contribution in [0.1, 0.15) is 56.4 Å². The molecule has 3 heteroatoms. The molecule has 25 heavy (non-hydrogen) atoms. The van der Waals surface area contributed by atoms with Gasteiger partial charge in [0, 0.05) is 38.1 Å². The van der Waals surface area contributed by atoms with E-state index >= 15 is 0 Å². The second-order valence-corrected chi connectivity index (χ2v) is 9.07. The Morgan fingerprint density at radius 1 is 1.00 bits per heavy atom. The summed E-state index contributed by atoms with van der Waals surface area (Å²) in [7, 11) is 0. The summed E-state index contributed by atoms with van der Waals surface area (Å²) in [5.41, 5.74) is 1.95. The van der Waals surface area contributed by atoms with Crippen molar-refractivity contribution in [2.45, 2.75) is 56.9 Å². The quantitative estimate of drug-likeness (QED) is 0.840. The molecule has 4 aliphatic rings. The zero-order valence-corrected chi connectivity index (χ0v) is 15.2. The number of amides is 1. The van der Waals surface area contributed by atoms with E-state index in [1.807, 2.05) is 0 Å². The fourth-order valence-corrected chi connectivity index (χ4v) is 5.25. The molecule has 3 nitrogen and oxygen atoms in total. The molecule has 2 heterocycles. The Bertz CT molecular complexity index is 627. The lowest BCUT2D eigenvalue weighted by Gasteiger charge is -2.50. The molecule has 5 rings (SSSR count). The summed E-state index contributed by atoms with van der Waals surface area (Å²) < 4.78 is 0. The normalized spacial score (nSPS) is 29.8. The molecule has 0 radical (unpaired) electrons. The van der Waals surface area contributed by atoms with E-state index in [2.05, 4.69) is 40.1 Å². The van der Waals surface area contributed by atoms with Crippen molar-refractivity contribution in [3.05, 3.63) is 35.9 Å². The van der Waals surface area contributed by atoms with Crippen LogP contribution < -0.4 is 0 Å². The van der Waals surface area contributed by atoms with Crippen LogP contribution in [-0.2, 0) is 4.79 Å². The van der Waals surface area contributed by atoms with Crippen LogP contribution in [0.25, 0.3) is 0 Å². The number of hydrogen-bond acceptors (Lipinski definition) is 2. The maximum Gasteiger partial charge on any atom is 0.225 e. The third kappa shape index (κ3) is 3.23. The Balaban J connectivity index is 1.32. The van der Waals surface area contributed by atoms with Crippen LogP contribution in [-0.4, -0.2) is 47.9 Å². The van der Waals surface area contributed by atoms with Gasteiger partial charge in [-0.2, -0.15) is 0 Å². The highest BCUT2D eigenvalue weighted by atomic mass is 16.2. The van der Waals surface area contributed by atoms with Crippen molar-refractivity contribution < 1.29 is 4.79 Å². The lowest BCUT2D eigenvalue weighted by Crippen LogP contribution is -2.53. The minimum atomic E-state index is 0.375. The fraction of sp³-hybridized carbons (Fsp3) is 0.682. The van der Waals surface area contributed by atoms with E-state index in [0.29, 0.717) is 23.2 Å². The van der Waals surface area contributed by atoms with Gasteiger partial charge in [-0.3, -0.25) is 9.69 Å². The van der Waals surface area contributed by atoms with Gasteiger partial charge in [0.15, 0.2) is 0 Å². The Kier molecular flexibility index (Phi) is 3.89. The van der Waals surface area contributed by atoms with Crippen molar-refractivity contribution in [2.75, 3.05) is 26.2 Å². The molecule has 0 N–H and O–H groups in total. The predicted molar refractivity (Wildman–Crippen MR) is 99.4 cm³/mol. The van der Waals surface area contributed by atoms with E-state index in [4.69, 9.17) is 0 Å². The van der Waals surface area contributed by atoms with Gasteiger partial charge in [-0.15, -0.1) is 0 Å². The molecular weight excluding hydrogens is 308 g/mol. The summed E-state index contributed by atoms with van der Waals surface area (Å²) in [4.78, 5) is 17.4. The van der Waals surface area contributed by atoms with Crippen LogP contribution in [0.2, 0.25) is 0 Å². The molecule has 0 unspecified atom stereocenters. The van der Waals surface area contributed by atoms with Crippen LogP contribution in [0.15, 0.2) is 30.3 Å². The molecule has 1 atom stereocenters. The predicted octanol–water partition coefficient (Wildman–Crippen LogP) is 3.66. The average molecular weight is 338 g/mol. The van der Waals surface area contributed by atoms with Gasteiger partial charge in [-0.1, -0.05) is 30.3 Å². The van der Waals surface area contributed by atoms with Gasteiger partial charge in [0.25, 0.3) is 0 Å².